The molecule has 2 heterocycles. The van der Waals surface area contributed by atoms with Gasteiger partial charge in [-0.1, -0.05) is 6.07 Å². The zero-order chi connectivity index (χ0) is 19.7. The van der Waals surface area contributed by atoms with E-state index in [4.69, 9.17) is 5.14 Å². The van der Waals surface area contributed by atoms with Crippen molar-refractivity contribution in [2.45, 2.75) is 17.6 Å². The molecule has 1 aliphatic heterocycles. The lowest BCUT2D eigenvalue weighted by atomic mass is 10.1. The van der Waals surface area contributed by atoms with E-state index in [1.165, 1.54) is 6.07 Å². The molecular weight excluding hydrogens is 381 g/mol. The minimum atomic E-state index is -4.68. The third-order valence-corrected chi connectivity index (χ3v) is 5.34. The Hall–Kier alpha value is -2.17. The van der Waals surface area contributed by atoms with Gasteiger partial charge < -0.3 is 4.90 Å². The van der Waals surface area contributed by atoms with Crippen molar-refractivity contribution in [1.82, 2.24) is 9.88 Å². The molecule has 10 heteroatoms. The molecule has 6 nitrogen and oxygen atoms in total. The number of rotatable bonds is 4. The molecule has 0 spiro atoms. The first-order chi connectivity index (χ1) is 12.6. The van der Waals surface area contributed by atoms with Crippen LogP contribution in [0, 0.1) is 0 Å². The van der Waals surface area contributed by atoms with E-state index >= 15 is 0 Å². The number of nitrogens with zero attached hydrogens (tertiary/aromatic N) is 3. The highest BCUT2D eigenvalue weighted by atomic mass is 32.2. The summed E-state index contributed by atoms with van der Waals surface area (Å²) in [5.41, 5.74) is -0.126. The molecule has 2 aromatic rings. The molecule has 1 fully saturated rings. The van der Waals surface area contributed by atoms with Crippen LogP contribution in [0.2, 0.25) is 0 Å². The molecule has 146 valence electrons. The number of alkyl halides is 3. The molecule has 2 N–H and O–H groups in total. The predicted octanol–water partition coefficient (Wildman–Crippen LogP) is 2.07. The summed E-state index contributed by atoms with van der Waals surface area (Å²) >= 11 is 0. The molecule has 0 unspecified atom stereocenters. The van der Waals surface area contributed by atoms with Gasteiger partial charge in [-0.3, -0.25) is 9.88 Å². The Bertz CT molecular complexity index is 896. The second kappa shape index (κ2) is 7.45. The second-order valence-electron chi connectivity index (χ2n) is 6.31. The number of benzene rings is 1. The number of piperazine rings is 1. The summed E-state index contributed by atoms with van der Waals surface area (Å²) in [4.78, 5) is 7.44. The Morgan fingerprint density at radius 2 is 1.78 bits per heavy atom. The molecule has 0 amide bonds. The van der Waals surface area contributed by atoms with Crippen LogP contribution in [0.15, 0.2) is 47.5 Å². The van der Waals surface area contributed by atoms with Gasteiger partial charge in [0.25, 0.3) is 0 Å². The SMILES string of the molecule is NS(=O)(=O)c1ccc(N2CCN(Cc3ccccn3)CC2)c(C(F)(F)F)c1. The van der Waals surface area contributed by atoms with Crippen LogP contribution in [0.25, 0.3) is 0 Å². The van der Waals surface area contributed by atoms with Crippen LogP contribution in [0.1, 0.15) is 11.3 Å². The summed E-state index contributed by atoms with van der Waals surface area (Å²) in [5.74, 6) is 0. The van der Waals surface area contributed by atoms with Gasteiger partial charge in [0.15, 0.2) is 0 Å². The summed E-state index contributed by atoms with van der Waals surface area (Å²) in [5, 5.41) is 4.97. The zero-order valence-corrected chi connectivity index (χ0v) is 15.2. The van der Waals surface area contributed by atoms with Gasteiger partial charge in [0, 0.05) is 44.6 Å². The molecule has 0 aliphatic carbocycles. The monoisotopic (exact) mass is 400 g/mol. The Balaban J connectivity index is 1.77. The van der Waals surface area contributed by atoms with Crippen molar-refractivity contribution in [3.8, 4) is 0 Å². The maximum absolute atomic E-state index is 13.5. The van der Waals surface area contributed by atoms with Crippen molar-refractivity contribution in [3.05, 3.63) is 53.9 Å². The quantitative estimate of drug-likeness (QED) is 0.850. The average molecular weight is 400 g/mol. The van der Waals surface area contributed by atoms with E-state index in [-0.39, 0.29) is 5.69 Å². The van der Waals surface area contributed by atoms with Crippen LogP contribution in [-0.2, 0) is 22.7 Å². The molecule has 0 radical (unpaired) electrons. The number of nitrogens with two attached hydrogens (primary N) is 1. The number of primary sulfonamides is 1. The number of hydrogen-bond donors (Lipinski definition) is 1. The average Bonchev–Trinajstić information content (AvgIpc) is 2.61. The van der Waals surface area contributed by atoms with Crippen LogP contribution >= 0.6 is 0 Å². The Labute approximate surface area is 155 Å². The molecule has 1 aromatic carbocycles. The molecule has 0 bridgehead atoms. The predicted molar refractivity (Wildman–Crippen MR) is 94.5 cm³/mol. The van der Waals surface area contributed by atoms with Crippen molar-refractivity contribution in [2.75, 3.05) is 31.1 Å². The lowest BCUT2D eigenvalue weighted by Crippen LogP contribution is -2.46. The molecule has 27 heavy (non-hydrogen) atoms. The lowest BCUT2D eigenvalue weighted by Gasteiger charge is -2.37. The van der Waals surface area contributed by atoms with Gasteiger partial charge in [-0.2, -0.15) is 13.2 Å². The van der Waals surface area contributed by atoms with Crippen LogP contribution in [0.5, 0.6) is 0 Å². The van der Waals surface area contributed by atoms with Crippen molar-refractivity contribution >= 4 is 15.7 Å². The van der Waals surface area contributed by atoms with Gasteiger partial charge in [0.1, 0.15) is 0 Å². The smallest absolute Gasteiger partial charge is 0.368 e. The van der Waals surface area contributed by atoms with Crippen LogP contribution in [0.3, 0.4) is 0 Å². The third-order valence-electron chi connectivity index (χ3n) is 4.43. The minimum absolute atomic E-state index is 0.0348. The van der Waals surface area contributed by atoms with Gasteiger partial charge in [0.2, 0.25) is 10.0 Å². The largest absolute Gasteiger partial charge is 0.418 e. The number of aromatic nitrogens is 1. The maximum Gasteiger partial charge on any atom is 0.418 e. The number of halogens is 3. The Morgan fingerprint density at radius 3 is 2.33 bits per heavy atom. The summed E-state index contributed by atoms with van der Waals surface area (Å²) in [6.45, 7) is 2.57. The standard InChI is InChI=1S/C17H19F3N4O2S/c18-17(19,20)15-11-14(27(21,25)26)4-5-16(15)24-9-7-23(8-10-24)12-13-3-1-2-6-22-13/h1-6,11H,7-10,12H2,(H2,21,25,26). The summed E-state index contributed by atoms with van der Waals surface area (Å²) < 4.78 is 63.2. The molecule has 0 saturated carbocycles. The third kappa shape index (κ3) is 4.76. The maximum atomic E-state index is 13.5. The first kappa shape index (κ1) is 19.6. The number of sulfonamides is 1. The van der Waals surface area contributed by atoms with E-state index in [1.54, 1.807) is 11.1 Å². The first-order valence-electron chi connectivity index (χ1n) is 8.26. The van der Waals surface area contributed by atoms with E-state index in [2.05, 4.69) is 9.88 Å². The van der Waals surface area contributed by atoms with Crippen molar-refractivity contribution in [2.24, 2.45) is 5.14 Å². The lowest BCUT2D eigenvalue weighted by molar-refractivity contribution is -0.137. The molecule has 1 aliphatic rings. The highest BCUT2D eigenvalue weighted by Gasteiger charge is 2.36. The van der Waals surface area contributed by atoms with Gasteiger partial charge in [-0.05, 0) is 30.3 Å². The molecule has 3 rings (SSSR count). The van der Waals surface area contributed by atoms with Gasteiger partial charge >= 0.3 is 6.18 Å². The topological polar surface area (TPSA) is 79.5 Å². The van der Waals surface area contributed by atoms with Crippen LogP contribution in [-0.4, -0.2) is 44.5 Å². The number of anilines is 1. The van der Waals surface area contributed by atoms with Gasteiger partial charge in [0.05, 0.1) is 16.2 Å². The van der Waals surface area contributed by atoms with Crippen molar-refractivity contribution in [1.29, 1.82) is 0 Å². The molecular formula is C17H19F3N4O2S. The van der Waals surface area contributed by atoms with E-state index in [1.807, 2.05) is 18.2 Å². The normalized spacial score (nSPS) is 16.5. The van der Waals surface area contributed by atoms with Crippen molar-refractivity contribution < 1.29 is 21.6 Å². The second-order valence-corrected chi connectivity index (χ2v) is 7.87. The summed E-state index contributed by atoms with van der Waals surface area (Å²) in [7, 11) is -4.21. The molecule has 1 aromatic heterocycles. The van der Waals surface area contributed by atoms with Gasteiger partial charge in [-0.25, -0.2) is 13.6 Å². The van der Waals surface area contributed by atoms with Gasteiger partial charge in [-0.15, -0.1) is 0 Å². The molecule has 0 atom stereocenters. The highest BCUT2D eigenvalue weighted by molar-refractivity contribution is 7.89. The number of pyridine rings is 1. The fraction of sp³-hybridized carbons (Fsp3) is 0.353. The summed E-state index contributed by atoms with van der Waals surface area (Å²) in [6.07, 6.45) is -2.98. The highest BCUT2D eigenvalue weighted by Crippen LogP contribution is 2.38. The Kier molecular flexibility index (Phi) is 5.41. The van der Waals surface area contributed by atoms with Crippen molar-refractivity contribution in [3.63, 3.8) is 0 Å². The summed E-state index contributed by atoms with van der Waals surface area (Å²) in [6, 6.07) is 8.51. The minimum Gasteiger partial charge on any atom is -0.368 e. The van der Waals surface area contributed by atoms with Crippen LogP contribution < -0.4 is 10.0 Å². The fourth-order valence-electron chi connectivity index (χ4n) is 3.06. The fourth-order valence-corrected chi connectivity index (χ4v) is 3.60. The first-order valence-corrected chi connectivity index (χ1v) is 9.80. The van der Waals surface area contributed by atoms with E-state index in [0.717, 1.165) is 11.8 Å². The zero-order valence-electron chi connectivity index (χ0n) is 14.4. The van der Waals surface area contributed by atoms with E-state index in [9.17, 15) is 21.6 Å². The Morgan fingerprint density at radius 1 is 1.07 bits per heavy atom. The number of hydrogen-bond acceptors (Lipinski definition) is 5. The van der Waals surface area contributed by atoms with Crippen LogP contribution in [0.4, 0.5) is 18.9 Å². The van der Waals surface area contributed by atoms with E-state index in [0.29, 0.717) is 38.8 Å². The molecule has 1 saturated heterocycles. The van der Waals surface area contributed by atoms with E-state index < -0.39 is 26.7 Å².